The molecule has 0 amide bonds. The fourth-order valence-electron chi connectivity index (χ4n) is 1.32. The van der Waals surface area contributed by atoms with E-state index in [4.69, 9.17) is 0 Å². The van der Waals surface area contributed by atoms with Gasteiger partial charge in [-0.2, -0.15) is 0 Å². The van der Waals surface area contributed by atoms with Crippen molar-refractivity contribution in [2.24, 2.45) is 7.05 Å². The molecule has 0 radical (unpaired) electrons. The van der Waals surface area contributed by atoms with Crippen LogP contribution in [0, 0.1) is 0 Å². The second-order valence-electron chi connectivity index (χ2n) is 2.59. The van der Waals surface area contributed by atoms with Crippen molar-refractivity contribution in [3.05, 3.63) is 24.3 Å². The highest BCUT2D eigenvalue weighted by atomic mass is 32.2. The summed E-state index contributed by atoms with van der Waals surface area (Å²) < 4.78 is 3.58. The van der Waals surface area contributed by atoms with Gasteiger partial charge in [-0.25, -0.2) is 0 Å². The average molecular weight is 196 g/mol. The third kappa shape index (κ3) is 1.13. The van der Waals surface area contributed by atoms with Gasteiger partial charge in [-0.15, -0.1) is 3.96 Å². The monoisotopic (exact) mass is 196 g/mol. The van der Waals surface area contributed by atoms with Crippen LogP contribution in [-0.4, -0.2) is 6.26 Å². The van der Waals surface area contributed by atoms with Crippen LogP contribution in [0.5, 0.6) is 0 Å². The van der Waals surface area contributed by atoms with E-state index in [0.29, 0.717) is 0 Å². The maximum absolute atomic E-state index is 2.22. The van der Waals surface area contributed by atoms with Gasteiger partial charge in [-0.1, -0.05) is 23.9 Å². The fourth-order valence-corrected chi connectivity index (χ4v) is 3.25. The quantitative estimate of drug-likeness (QED) is 0.500. The van der Waals surface area contributed by atoms with Crippen molar-refractivity contribution in [3.63, 3.8) is 0 Å². The lowest BCUT2D eigenvalue weighted by atomic mass is 10.3. The molecule has 1 heterocycles. The number of hydrogen-bond acceptors (Lipinski definition) is 2. The Hall–Kier alpha value is -0.540. The molecule has 2 rings (SSSR count). The van der Waals surface area contributed by atoms with Crippen molar-refractivity contribution in [1.82, 2.24) is 0 Å². The molecule has 0 fully saturated rings. The lowest BCUT2D eigenvalue weighted by Gasteiger charge is -1.85. The minimum Gasteiger partial charge on any atom is -0.130 e. The predicted molar refractivity (Wildman–Crippen MR) is 54.8 cm³/mol. The smallest absolute Gasteiger partial charge is 0.130 e. The molecule has 62 valence electrons. The third-order valence-electron chi connectivity index (χ3n) is 1.83. The van der Waals surface area contributed by atoms with E-state index in [9.17, 15) is 0 Å². The number of aromatic nitrogens is 1. The minimum atomic E-state index is 1.36. The van der Waals surface area contributed by atoms with Crippen LogP contribution in [0.3, 0.4) is 0 Å². The predicted octanol–water partition coefficient (Wildman–Crippen LogP) is 2.45. The lowest BCUT2D eigenvalue weighted by molar-refractivity contribution is -0.638. The van der Waals surface area contributed by atoms with Crippen molar-refractivity contribution in [2.45, 2.75) is 5.03 Å². The van der Waals surface area contributed by atoms with Gasteiger partial charge in [0.2, 0.25) is 0 Å². The van der Waals surface area contributed by atoms with Gasteiger partial charge in [-0.3, -0.25) is 0 Å². The summed E-state index contributed by atoms with van der Waals surface area (Å²) >= 11 is 3.60. The van der Waals surface area contributed by atoms with Gasteiger partial charge in [0.15, 0.2) is 7.05 Å². The van der Waals surface area contributed by atoms with Gasteiger partial charge in [-0.05, 0) is 18.4 Å². The number of benzene rings is 1. The minimum absolute atomic E-state index is 1.36. The summed E-state index contributed by atoms with van der Waals surface area (Å²) in [5.74, 6) is 0. The van der Waals surface area contributed by atoms with E-state index in [-0.39, 0.29) is 0 Å². The van der Waals surface area contributed by atoms with E-state index in [1.807, 2.05) is 0 Å². The Morgan fingerprint density at radius 3 is 2.83 bits per heavy atom. The van der Waals surface area contributed by atoms with Crippen molar-refractivity contribution in [1.29, 1.82) is 0 Å². The molecule has 0 aliphatic heterocycles. The summed E-state index contributed by atoms with van der Waals surface area (Å²) in [5, 5.41) is 2.73. The zero-order chi connectivity index (χ0) is 8.55. The Balaban J connectivity index is 2.81. The molecular formula is C9H10NS2+. The summed E-state index contributed by atoms with van der Waals surface area (Å²) in [6.07, 6.45) is 2.12. The zero-order valence-electron chi connectivity index (χ0n) is 7.07. The van der Waals surface area contributed by atoms with Gasteiger partial charge in [0.1, 0.15) is 16.2 Å². The van der Waals surface area contributed by atoms with Crippen molar-refractivity contribution < 1.29 is 3.96 Å². The Morgan fingerprint density at radius 1 is 1.33 bits per heavy atom. The summed E-state index contributed by atoms with van der Waals surface area (Å²) in [4.78, 5) is 0. The number of aryl methyl sites for hydroxylation is 1. The number of thioether (sulfide) groups is 1. The second kappa shape index (κ2) is 3.07. The molecule has 2 aromatic rings. The van der Waals surface area contributed by atoms with E-state index >= 15 is 0 Å². The van der Waals surface area contributed by atoms with Crippen LogP contribution in [0.25, 0.3) is 10.1 Å². The van der Waals surface area contributed by atoms with Crippen molar-refractivity contribution >= 4 is 33.4 Å². The van der Waals surface area contributed by atoms with E-state index in [0.717, 1.165) is 0 Å². The molecule has 1 aromatic heterocycles. The first-order chi connectivity index (χ1) is 5.83. The maximum atomic E-state index is 2.22. The number of hydrogen-bond donors (Lipinski definition) is 0. The zero-order valence-corrected chi connectivity index (χ0v) is 8.71. The molecule has 0 saturated heterocycles. The van der Waals surface area contributed by atoms with Crippen LogP contribution in [-0.2, 0) is 7.05 Å². The van der Waals surface area contributed by atoms with Crippen LogP contribution in [0.1, 0.15) is 0 Å². The standard InChI is InChI=1S/C9H10NS2/c1-10-9(11-2)7-5-3-4-6-8(7)12-10/h3-6H,1-2H3/q+1. The summed E-state index contributed by atoms with van der Waals surface area (Å²) in [7, 11) is 2.11. The van der Waals surface area contributed by atoms with Crippen LogP contribution in [0.15, 0.2) is 29.3 Å². The highest BCUT2D eigenvalue weighted by Crippen LogP contribution is 2.26. The third-order valence-corrected chi connectivity index (χ3v) is 3.84. The molecule has 1 aromatic carbocycles. The van der Waals surface area contributed by atoms with Gasteiger partial charge < -0.3 is 0 Å². The second-order valence-corrected chi connectivity index (χ2v) is 4.56. The molecule has 12 heavy (non-hydrogen) atoms. The Bertz CT molecular complexity index is 406. The van der Waals surface area contributed by atoms with E-state index in [1.165, 1.54) is 15.1 Å². The van der Waals surface area contributed by atoms with Crippen LogP contribution < -0.4 is 3.96 Å². The maximum Gasteiger partial charge on any atom is 0.261 e. The van der Waals surface area contributed by atoms with Gasteiger partial charge in [0.05, 0.1) is 5.39 Å². The van der Waals surface area contributed by atoms with Gasteiger partial charge in [0, 0.05) is 0 Å². The molecule has 0 aliphatic carbocycles. The lowest BCUT2D eigenvalue weighted by Crippen LogP contribution is -2.23. The molecule has 0 spiro atoms. The highest BCUT2D eigenvalue weighted by Gasteiger charge is 2.14. The number of nitrogens with zero attached hydrogens (tertiary/aromatic N) is 1. The van der Waals surface area contributed by atoms with E-state index in [1.54, 1.807) is 23.3 Å². The molecule has 0 saturated carbocycles. The number of rotatable bonds is 1. The molecule has 3 heteroatoms. The SMILES string of the molecule is CSc1c2ccccc2s[n+]1C. The molecule has 0 atom stereocenters. The molecule has 0 aliphatic rings. The van der Waals surface area contributed by atoms with Gasteiger partial charge >= 0.3 is 0 Å². The van der Waals surface area contributed by atoms with Crippen molar-refractivity contribution in [2.75, 3.05) is 6.26 Å². The Morgan fingerprint density at radius 2 is 2.08 bits per heavy atom. The van der Waals surface area contributed by atoms with Crippen LogP contribution in [0.4, 0.5) is 0 Å². The first-order valence-electron chi connectivity index (χ1n) is 3.75. The first kappa shape index (κ1) is 8.08. The molecule has 0 N–H and O–H groups in total. The topological polar surface area (TPSA) is 3.88 Å². The summed E-state index contributed by atoms with van der Waals surface area (Å²) in [5.41, 5.74) is 0. The summed E-state index contributed by atoms with van der Waals surface area (Å²) in [6, 6.07) is 8.52. The van der Waals surface area contributed by atoms with E-state index in [2.05, 4.69) is 41.5 Å². The normalized spacial score (nSPS) is 10.8. The first-order valence-corrected chi connectivity index (χ1v) is 5.75. The van der Waals surface area contributed by atoms with Gasteiger partial charge in [0.25, 0.3) is 5.03 Å². The average Bonchev–Trinajstić information content (AvgIpc) is 2.40. The highest BCUT2D eigenvalue weighted by molar-refractivity contribution is 7.98. The number of fused-ring (bicyclic) bond motifs is 1. The van der Waals surface area contributed by atoms with Crippen LogP contribution in [0.2, 0.25) is 0 Å². The van der Waals surface area contributed by atoms with Crippen LogP contribution >= 0.6 is 23.3 Å². The van der Waals surface area contributed by atoms with E-state index < -0.39 is 0 Å². The summed E-state index contributed by atoms with van der Waals surface area (Å²) in [6.45, 7) is 0. The van der Waals surface area contributed by atoms with Crippen molar-refractivity contribution in [3.8, 4) is 0 Å². The largest absolute Gasteiger partial charge is 0.261 e. The molecule has 0 bridgehead atoms. The molecular weight excluding hydrogens is 186 g/mol. The fraction of sp³-hybridized carbons (Fsp3) is 0.222. The molecule has 1 nitrogen and oxygen atoms in total. The Labute approximate surface area is 80.2 Å². The Kier molecular flexibility index (Phi) is 2.07. The molecule has 0 unspecified atom stereocenters.